The monoisotopic (exact) mass is 411 g/mol. The number of rotatable bonds is 13. The first-order valence-electron chi connectivity index (χ1n) is 11.8. The average molecular weight is 412 g/mol. The summed E-state index contributed by atoms with van der Waals surface area (Å²) in [6.45, 7) is 9.60. The van der Waals surface area contributed by atoms with Crippen LogP contribution in [-0.2, 0) is 6.42 Å². The smallest absolute Gasteiger partial charge is 0.251 e. The van der Waals surface area contributed by atoms with Crippen molar-refractivity contribution in [1.29, 1.82) is 0 Å². The van der Waals surface area contributed by atoms with Crippen LogP contribution in [0.15, 0.2) is 36.4 Å². The van der Waals surface area contributed by atoms with E-state index in [4.69, 9.17) is 5.11 Å². The van der Waals surface area contributed by atoms with Crippen LogP contribution in [0.1, 0.15) is 82.1 Å². The van der Waals surface area contributed by atoms with Gasteiger partial charge in [-0.05, 0) is 46.6 Å². The second-order valence-electron chi connectivity index (χ2n) is 9.47. The molecule has 0 heterocycles. The molecule has 2 unspecified atom stereocenters. The fourth-order valence-electron chi connectivity index (χ4n) is 4.33. The number of aliphatic hydroxyl groups is 1. The average Bonchev–Trinajstić information content (AvgIpc) is 2.71. The summed E-state index contributed by atoms with van der Waals surface area (Å²) in [5.41, 5.74) is 2.01. The van der Waals surface area contributed by atoms with Gasteiger partial charge in [-0.25, -0.2) is 0 Å². The summed E-state index contributed by atoms with van der Waals surface area (Å²) >= 11 is 0. The van der Waals surface area contributed by atoms with Gasteiger partial charge in [0.1, 0.15) is 0 Å². The first kappa shape index (κ1) is 24.4. The largest absolute Gasteiger partial charge is 0.395 e. The van der Waals surface area contributed by atoms with E-state index in [9.17, 15) is 4.79 Å². The van der Waals surface area contributed by atoms with Crippen molar-refractivity contribution >= 4 is 16.7 Å². The predicted molar refractivity (Wildman–Crippen MR) is 128 cm³/mol. The molecule has 0 fully saturated rings. The Balaban J connectivity index is 1.93. The minimum Gasteiger partial charge on any atom is -0.395 e. The zero-order valence-electron chi connectivity index (χ0n) is 19.4. The van der Waals surface area contributed by atoms with Crippen molar-refractivity contribution < 1.29 is 9.90 Å². The van der Waals surface area contributed by atoms with Crippen LogP contribution >= 0.6 is 0 Å². The second kappa shape index (κ2) is 12.7. The fourth-order valence-corrected chi connectivity index (χ4v) is 4.33. The lowest BCUT2D eigenvalue weighted by Crippen LogP contribution is -2.26. The molecular weight excluding hydrogens is 370 g/mol. The van der Waals surface area contributed by atoms with Gasteiger partial charge in [-0.2, -0.15) is 0 Å². The number of hydrogen-bond donors (Lipinski definition) is 2. The summed E-state index contributed by atoms with van der Waals surface area (Å²) < 4.78 is 0. The lowest BCUT2D eigenvalue weighted by atomic mass is 9.89. The third kappa shape index (κ3) is 7.75. The van der Waals surface area contributed by atoms with Gasteiger partial charge >= 0.3 is 0 Å². The van der Waals surface area contributed by atoms with Crippen molar-refractivity contribution in [3.8, 4) is 0 Å². The van der Waals surface area contributed by atoms with Gasteiger partial charge in [0.05, 0.1) is 6.61 Å². The first-order chi connectivity index (χ1) is 14.4. The Kier molecular flexibility index (Phi) is 10.4. The van der Waals surface area contributed by atoms with E-state index in [0.717, 1.165) is 23.6 Å². The second-order valence-corrected chi connectivity index (χ2v) is 9.47. The Morgan fingerprint density at radius 1 is 0.867 bits per heavy atom. The SMILES string of the molecule is CC(C)CCCC(C)CCCC(C)Cc1cccc2c(C(=O)NCCO)cccc12. The van der Waals surface area contributed by atoms with Gasteiger partial charge in [-0.15, -0.1) is 0 Å². The number of aliphatic hydroxyl groups excluding tert-OH is 1. The van der Waals surface area contributed by atoms with E-state index in [-0.39, 0.29) is 19.1 Å². The van der Waals surface area contributed by atoms with E-state index < -0.39 is 0 Å². The van der Waals surface area contributed by atoms with Crippen LogP contribution in [0.3, 0.4) is 0 Å². The molecule has 0 aliphatic carbocycles. The highest BCUT2D eigenvalue weighted by atomic mass is 16.3. The van der Waals surface area contributed by atoms with E-state index in [1.165, 1.54) is 49.5 Å². The molecule has 0 bridgehead atoms. The number of benzene rings is 2. The molecule has 0 aromatic heterocycles. The maximum Gasteiger partial charge on any atom is 0.251 e. The zero-order chi connectivity index (χ0) is 21.9. The third-order valence-corrected chi connectivity index (χ3v) is 6.09. The maximum absolute atomic E-state index is 12.4. The standard InChI is InChI=1S/C27H41NO2/c1-20(2)9-5-10-21(3)11-6-12-22(4)19-23-13-7-15-25-24(23)14-8-16-26(25)27(30)28-17-18-29/h7-8,13-16,20-22,29H,5-6,9-12,17-19H2,1-4H3,(H,28,30). The third-order valence-electron chi connectivity index (χ3n) is 6.09. The molecule has 30 heavy (non-hydrogen) atoms. The highest BCUT2D eigenvalue weighted by Crippen LogP contribution is 2.26. The van der Waals surface area contributed by atoms with Crippen molar-refractivity contribution in [3.05, 3.63) is 47.5 Å². The van der Waals surface area contributed by atoms with Crippen molar-refractivity contribution in [2.24, 2.45) is 17.8 Å². The Bertz CT molecular complexity index is 784. The summed E-state index contributed by atoms with van der Waals surface area (Å²) in [5.74, 6) is 2.16. The van der Waals surface area contributed by atoms with Gasteiger partial charge in [-0.1, -0.05) is 96.6 Å². The molecule has 0 radical (unpaired) electrons. The highest BCUT2D eigenvalue weighted by Gasteiger charge is 2.13. The van der Waals surface area contributed by atoms with E-state index in [1.54, 1.807) is 0 Å². The fraction of sp³-hybridized carbons (Fsp3) is 0.593. The summed E-state index contributed by atoms with van der Waals surface area (Å²) in [5, 5.41) is 13.9. The Morgan fingerprint density at radius 3 is 2.20 bits per heavy atom. The Labute approximate surface area is 183 Å². The lowest BCUT2D eigenvalue weighted by Gasteiger charge is -2.16. The Hall–Kier alpha value is -1.87. The quantitative estimate of drug-likeness (QED) is 0.402. The number of nitrogens with one attached hydrogen (secondary N) is 1. The minimum atomic E-state index is -0.119. The topological polar surface area (TPSA) is 49.3 Å². The summed E-state index contributed by atoms with van der Waals surface area (Å²) in [4.78, 5) is 12.4. The van der Waals surface area contributed by atoms with E-state index in [0.29, 0.717) is 11.5 Å². The van der Waals surface area contributed by atoms with E-state index >= 15 is 0 Å². The molecule has 0 saturated carbocycles. The van der Waals surface area contributed by atoms with Crippen LogP contribution < -0.4 is 5.32 Å². The number of hydrogen-bond acceptors (Lipinski definition) is 2. The molecular formula is C27H41NO2. The van der Waals surface area contributed by atoms with Gasteiger partial charge in [0, 0.05) is 12.1 Å². The molecule has 0 aliphatic heterocycles. The van der Waals surface area contributed by atoms with Crippen LogP contribution in [0.25, 0.3) is 10.8 Å². The molecule has 3 heteroatoms. The molecule has 1 amide bonds. The van der Waals surface area contributed by atoms with Gasteiger partial charge < -0.3 is 10.4 Å². The molecule has 2 rings (SSSR count). The zero-order valence-corrected chi connectivity index (χ0v) is 19.4. The molecule has 2 atom stereocenters. The summed E-state index contributed by atoms with van der Waals surface area (Å²) in [6, 6.07) is 12.2. The van der Waals surface area contributed by atoms with Crippen LogP contribution in [0.2, 0.25) is 0 Å². The van der Waals surface area contributed by atoms with Crippen LogP contribution in [0.5, 0.6) is 0 Å². The van der Waals surface area contributed by atoms with Gasteiger partial charge in [0.25, 0.3) is 5.91 Å². The molecule has 2 N–H and O–H groups in total. The molecule has 3 nitrogen and oxygen atoms in total. The number of amides is 1. The normalized spacial score (nSPS) is 13.5. The number of fused-ring (bicyclic) bond motifs is 1. The van der Waals surface area contributed by atoms with Crippen molar-refractivity contribution in [2.75, 3.05) is 13.2 Å². The van der Waals surface area contributed by atoms with E-state index in [2.05, 4.69) is 51.2 Å². The van der Waals surface area contributed by atoms with Gasteiger partial charge in [0.15, 0.2) is 0 Å². The number of carbonyl (C=O) groups is 1. The van der Waals surface area contributed by atoms with Crippen molar-refractivity contribution in [1.82, 2.24) is 5.32 Å². The lowest BCUT2D eigenvalue weighted by molar-refractivity contribution is 0.0946. The van der Waals surface area contributed by atoms with Crippen molar-refractivity contribution in [2.45, 2.75) is 72.6 Å². The van der Waals surface area contributed by atoms with E-state index in [1.807, 2.05) is 18.2 Å². The summed E-state index contributed by atoms with van der Waals surface area (Å²) in [7, 11) is 0. The Morgan fingerprint density at radius 2 is 1.50 bits per heavy atom. The molecule has 0 saturated heterocycles. The molecule has 2 aromatic carbocycles. The van der Waals surface area contributed by atoms with Gasteiger partial charge in [-0.3, -0.25) is 4.79 Å². The highest BCUT2D eigenvalue weighted by molar-refractivity contribution is 6.07. The minimum absolute atomic E-state index is 0.0460. The first-order valence-corrected chi connectivity index (χ1v) is 11.8. The molecule has 166 valence electrons. The van der Waals surface area contributed by atoms with Crippen LogP contribution in [0, 0.1) is 17.8 Å². The van der Waals surface area contributed by atoms with Crippen LogP contribution in [0.4, 0.5) is 0 Å². The number of carbonyl (C=O) groups excluding carboxylic acids is 1. The maximum atomic E-state index is 12.4. The molecule has 0 aliphatic rings. The molecule has 2 aromatic rings. The van der Waals surface area contributed by atoms with Gasteiger partial charge in [0.2, 0.25) is 0 Å². The summed E-state index contributed by atoms with van der Waals surface area (Å²) in [6.07, 6.45) is 8.98. The predicted octanol–water partition coefficient (Wildman–Crippen LogP) is 6.37. The van der Waals surface area contributed by atoms with Crippen molar-refractivity contribution in [3.63, 3.8) is 0 Å². The van der Waals surface area contributed by atoms with Crippen LogP contribution in [-0.4, -0.2) is 24.2 Å². The molecule has 0 spiro atoms.